The maximum absolute atomic E-state index is 11.6. The lowest BCUT2D eigenvalue weighted by Gasteiger charge is -2.16. The Hall–Kier alpha value is -2.32. The molecule has 1 aliphatic rings. The number of carbonyl (C=O) groups excluding carboxylic acids is 2. The van der Waals surface area contributed by atoms with E-state index in [9.17, 15) is 9.59 Å². The average Bonchev–Trinajstić information content (AvgIpc) is 2.86. The Morgan fingerprint density at radius 1 is 1.35 bits per heavy atom. The molecule has 1 fully saturated rings. The largest absolute Gasteiger partial charge is 0.325 e. The Morgan fingerprint density at radius 3 is 2.70 bits per heavy atom. The number of hydrogen-bond acceptors (Lipinski definition) is 3. The average molecular weight is 271 g/mol. The van der Waals surface area contributed by atoms with Crippen LogP contribution in [0.1, 0.15) is 12.8 Å². The van der Waals surface area contributed by atoms with E-state index in [4.69, 9.17) is 6.42 Å². The molecule has 0 radical (unpaired) electrons. The molecule has 1 saturated heterocycles. The van der Waals surface area contributed by atoms with Gasteiger partial charge in [0.1, 0.15) is 0 Å². The Labute approximate surface area is 118 Å². The van der Waals surface area contributed by atoms with Gasteiger partial charge in [0, 0.05) is 24.3 Å². The number of nitrogens with zero attached hydrogens (tertiary/aromatic N) is 1. The molecule has 0 aromatic heterocycles. The molecule has 2 N–H and O–H groups in total. The molecular formula is C15H17N3O2. The molecule has 20 heavy (non-hydrogen) atoms. The van der Waals surface area contributed by atoms with Crippen LogP contribution in [0.25, 0.3) is 0 Å². The normalized spacial score (nSPS) is 14.2. The second kappa shape index (κ2) is 6.73. The molecule has 0 unspecified atom stereocenters. The van der Waals surface area contributed by atoms with E-state index in [1.54, 1.807) is 17.0 Å². The first-order valence-corrected chi connectivity index (χ1v) is 6.55. The molecule has 104 valence electrons. The number of anilines is 2. The van der Waals surface area contributed by atoms with E-state index >= 15 is 0 Å². The van der Waals surface area contributed by atoms with Crippen molar-refractivity contribution in [1.29, 1.82) is 0 Å². The van der Waals surface area contributed by atoms with Crippen LogP contribution in [0.4, 0.5) is 11.4 Å². The third-order valence-electron chi connectivity index (χ3n) is 3.05. The first kappa shape index (κ1) is 14.1. The minimum atomic E-state index is -0.148. The molecule has 0 aliphatic carbocycles. The third-order valence-corrected chi connectivity index (χ3v) is 3.05. The predicted molar refractivity (Wildman–Crippen MR) is 78.4 cm³/mol. The summed E-state index contributed by atoms with van der Waals surface area (Å²) >= 11 is 0. The number of carbonyl (C=O) groups is 2. The van der Waals surface area contributed by atoms with Crippen molar-refractivity contribution in [3.8, 4) is 12.3 Å². The summed E-state index contributed by atoms with van der Waals surface area (Å²) in [4.78, 5) is 25.0. The zero-order valence-corrected chi connectivity index (χ0v) is 11.2. The van der Waals surface area contributed by atoms with Crippen LogP contribution in [0, 0.1) is 12.3 Å². The third kappa shape index (κ3) is 3.59. The molecule has 1 aromatic rings. The van der Waals surface area contributed by atoms with Crippen molar-refractivity contribution in [2.24, 2.45) is 0 Å². The lowest BCUT2D eigenvalue weighted by molar-refractivity contribution is -0.117. The second-order valence-electron chi connectivity index (χ2n) is 4.55. The van der Waals surface area contributed by atoms with Crippen molar-refractivity contribution >= 4 is 23.2 Å². The quantitative estimate of drug-likeness (QED) is 0.620. The van der Waals surface area contributed by atoms with Crippen LogP contribution < -0.4 is 15.5 Å². The molecule has 0 saturated carbocycles. The van der Waals surface area contributed by atoms with Gasteiger partial charge in [-0.3, -0.25) is 14.9 Å². The molecule has 0 atom stereocenters. The van der Waals surface area contributed by atoms with E-state index in [0.717, 1.165) is 18.7 Å². The predicted octanol–water partition coefficient (Wildman–Crippen LogP) is 0.975. The summed E-state index contributed by atoms with van der Waals surface area (Å²) in [5.74, 6) is 2.41. The van der Waals surface area contributed by atoms with Crippen molar-refractivity contribution in [3.63, 3.8) is 0 Å². The van der Waals surface area contributed by atoms with Gasteiger partial charge in [0.2, 0.25) is 11.8 Å². The van der Waals surface area contributed by atoms with Gasteiger partial charge >= 0.3 is 0 Å². The van der Waals surface area contributed by atoms with E-state index in [1.807, 2.05) is 12.1 Å². The van der Waals surface area contributed by atoms with Gasteiger partial charge in [0.05, 0.1) is 13.1 Å². The molecular weight excluding hydrogens is 254 g/mol. The van der Waals surface area contributed by atoms with Gasteiger partial charge in [-0.15, -0.1) is 6.42 Å². The molecule has 1 heterocycles. The fraction of sp³-hybridized carbons (Fsp3) is 0.333. The fourth-order valence-corrected chi connectivity index (χ4v) is 2.10. The molecule has 2 amide bonds. The van der Waals surface area contributed by atoms with Crippen LogP contribution in [0.15, 0.2) is 24.3 Å². The minimum Gasteiger partial charge on any atom is -0.325 e. The summed E-state index contributed by atoms with van der Waals surface area (Å²) in [6, 6.07) is 7.27. The Morgan fingerprint density at radius 2 is 2.10 bits per heavy atom. The van der Waals surface area contributed by atoms with E-state index < -0.39 is 0 Å². The zero-order valence-electron chi connectivity index (χ0n) is 11.2. The van der Waals surface area contributed by atoms with Crippen LogP contribution in [0.5, 0.6) is 0 Å². The van der Waals surface area contributed by atoms with Crippen LogP contribution in [0.2, 0.25) is 0 Å². The smallest absolute Gasteiger partial charge is 0.238 e. The SMILES string of the molecule is C#CCNCC(=O)Nc1ccc(N2CCCC2=O)cc1. The van der Waals surface area contributed by atoms with Crippen LogP contribution in [-0.4, -0.2) is 31.4 Å². The Kier molecular flexibility index (Phi) is 4.75. The highest BCUT2D eigenvalue weighted by Crippen LogP contribution is 2.22. The molecule has 1 aromatic carbocycles. The van der Waals surface area contributed by atoms with E-state index in [2.05, 4.69) is 16.6 Å². The summed E-state index contributed by atoms with van der Waals surface area (Å²) in [7, 11) is 0. The van der Waals surface area contributed by atoms with Gasteiger partial charge in [0.25, 0.3) is 0 Å². The van der Waals surface area contributed by atoms with Crippen LogP contribution >= 0.6 is 0 Å². The minimum absolute atomic E-state index is 0.148. The van der Waals surface area contributed by atoms with Gasteiger partial charge in [0.15, 0.2) is 0 Å². The van der Waals surface area contributed by atoms with Crippen molar-refractivity contribution < 1.29 is 9.59 Å². The summed E-state index contributed by atoms with van der Waals surface area (Å²) in [5, 5.41) is 5.57. The van der Waals surface area contributed by atoms with Gasteiger partial charge in [-0.2, -0.15) is 0 Å². The molecule has 2 rings (SSSR count). The van der Waals surface area contributed by atoms with Crippen LogP contribution in [0.3, 0.4) is 0 Å². The highest BCUT2D eigenvalue weighted by atomic mass is 16.2. The van der Waals surface area contributed by atoms with Gasteiger partial charge < -0.3 is 10.2 Å². The van der Waals surface area contributed by atoms with E-state index in [0.29, 0.717) is 18.7 Å². The molecule has 0 spiro atoms. The van der Waals surface area contributed by atoms with Gasteiger partial charge in [-0.25, -0.2) is 0 Å². The first-order valence-electron chi connectivity index (χ1n) is 6.55. The molecule has 1 aliphatic heterocycles. The number of hydrogen-bond donors (Lipinski definition) is 2. The van der Waals surface area contributed by atoms with E-state index in [1.165, 1.54) is 0 Å². The highest BCUT2D eigenvalue weighted by Gasteiger charge is 2.21. The van der Waals surface area contributed by atoms with Crippen molar-refractivity contribution in [2.75, 3.05) is 29.9 Å². The molecule has 0 bridgehead atoms. The number of terminal acetylenes is 1. The zero-order chi connectivity index (χ0) is 14.4. The summed E-state index contributed by atoms with van der Waals surface area (Å²) in [5.41, 5.74) is 1.57. The Bertz CT molecular complexity index is 531. The summed E-state index contributed by atoms with van der Waals surface area (Å²) in [6.45, 7) is 1.31. The standard InChI is InChI=1S/C15H17N3O2/c1-2-9-16-11-14(19)17-12-5-7-13(8-6-12)18-10-3-4-15(18)20/h1,5-8,16H,3-4,9-11H2,(H,17,19). The van der Waals surface area contributed by atoms with Gasteiger partial charge in [-0.05, 0) is 30.7 Å². The monoisotopic (exact) mass is 271 g/mol. The number of rotatable bonds is 5. The van der Waals surface area contributed by atoms with Crippen LogP contribution in [-0.2, 0) is 9.59 Å². The molecule has 5 heteroatoms. The van der Waals surface area contributed by atoms with Gasteiger partial charge in [-0.1, -0.05) is 5.92 Å². The van der Waals surface area contributed by atoms with E-state index in [-0.39, 0.29) is 18.4 Å². The summed E-state index contributed by atoms with van der Waals surface area (Å²) in [6.07, 6.45) is 6.59. The topological polar surface area (TPSA) is 61.4 Å². The number of amides is 2. The maximum Gasteiger partial charge on any atom is 0.238 e. The first-order chi connectivity index (χ1) is 9.70. The second-order valence-corrected chi connectivity index (χ2v) is 4.55. The Balaban J connectivity index is 1.90. The fourth-order valence-electron chi connectivity index (χ4n) is 2.10. The lowest BCUT2D eigenvalue weighted by atomic mass is 10.2. The maximum atomic E-state index is 11.6. The number of benzene rings is 1. The molecule has 5 nitrogen and oxygen atoms in total. The van der Waals surface area contributed by atoms with Crippen molar-refractivity contribution in [1.82, 2.24) is 5.32 Å². The lowest BCUT2D eigenvalue weighted by Crippen LogP contribution is -2.28. The number of nitrogens with one attached hydrogen (secondary N) is 2. The summed E-state index contributed by atoms with van der Waals surface area (Å²) < 4.78 is 0. The van der Waals surface area contributed by atoms with Crippen molar-refractivity contribution in [3.05, 3.63) is 24.3 Å². The highest BCUT2D eigenvalue weighted by molar-refractivity contribution is 5.96. The van der Waals surface area contributed by atoms with Crippen molar-refractivity contribution in [2.45, 2.75) is 12.8 Å².